The SMILES string of the molecule is CCS(=O)(=O)Nc1nc(N(CCOC)CC2CC2C)cc(-c2nnc(C(C)N)o2)c1Cl. The highest BCUT2D eigenvalue weighted by Gasteiger charge is 2.34. The van der Waals surface area contributed by atoms with E-state index in [2.05, 4.69) is 31.7 Å². The summed E-state index contributed by atoms with van der Waals surface area (Å²) in [6, 6.07) is 1.28. The van der Waals surface area contributed by atoms with Gasteiger partial charge in [-0.25, -0.2) is 13.4 Å². The highest BCUT2D eigenvalue weighted by Crippen LogP contribution is 2.40. The molecule has 12 heteroatoms. The van der Waals surface area contributed by atoms with E-state index in [0.29, 0.717) is 36.4 Å². The number of hydrogen-bond acceptors (Lipinski definition) is 9. The molecule has 2 aromatic heterocycles. The third-order valence-corrected chi connectivity index (χ3v) is 6.90. The number of hydrogen-bond donors (Lipinski definition) is 2. The van der Waals surface area contributed by atoms with Crippen molar-refractivity contribution in [3.63, 3.8) is 0 Å². The highest BCUT2D eigenvalue weighted by atomic mass is 35.5. The number of sulfonamides is 1. The van der Waals surface area contributed by atoms with Crippen LogP contribution in [-0.2, 0) is 14.8 Å². The number of methoxy groups -OCH3 is 1. The van der Waals surface area contributed by atoms with E-state index < -0.39 is 16.1 Å². The number of nitrogens with zero attached hydrogens (tertiary/aromatic N) is 4. The molecule has 3 atom stereocenters. The average Bonchev–Trinajstić information content (AvgIpc) is 3.20. The van der Waals surface area contributed by atoms with E-state index in [4.69, 9.17) is 26.5 Å². The van der Waals surface area contributed by atoms with Gasteiger partial charge in [-0.1, -0.05) is 18.5 Å². The summed E-state index contributed by atoms with van der Waals surface area (Å²) in [4.78, 5) is 6.59. The Morgan fingerprint density at radius 2 is 2.16 bits per heavy atom. The van der Waals surface area contributed by atoms with Gasteiger partial charge in [-0.15, -0.1) is 10.2 Å². The zero-order valence-electron chi connectivity index (χ0n) is 18.1. The summed E-state index contributed by atoms with van der Waals surface area (Å²) in [5.74, 6) is 2.02. The van der Waals surface area contributed by atoms with Gasteiger partial charge in [0.05, 0.1) is 29.0 Å². The van der Waals surface area contributed by atoms with E-state index in [1.54, 1.807) is 20.1 Å². The van der Waals surface area contributed by atoms with Gasteiger partial charge in [0.25, 0.3) is 0 Å². The van der Waals surface area contributed by atoms with Gasteiger partial charge in [-0.05, 0) is 38.2 Å². The minimum atomic E-state index is -3.61. The monoisotopic (exact) mass is 472 g/mol. The zero-order valence-corrected chi connectivity index (χ0v) is 19.7. The van der Waals surface area contributed by atoms with Gasteiger partial charge in [-0.3, -0.25) is 4.72 Å². The third-order valence-electron chi connectivity index (χ3n) is 5.26. The smallest absolute Gasteiger partial charge is 0.249 e. The fourth-order valence-electron chi connectivity index (χ4n) is 3.09. The summed E-state index contributed by atoms with van der Waals surface area (Å²) < 4.78 is 37.9. The van der Waals surface area contributed by atoms with Crippen LogP contribution in [0.3, 0.4) is 0 Å². The molecule has 0 saturated heterocycles. The Bertz CT molecular complexity index is 1010. The number of ether oxygens (including phenoxy) is 1. The molecular formula is C19H29ClN6O4S. The van der Waals surface area contributed by atoms with Crippen molar-refractivity contribution in [2.45, 2.75) is 33.2 Å². The second kappa shape index (κ2) is 9.68. The van der Waals surface area contributed by atoms with Crippen molar-refractivity contribution in [3.05, 3.63) is 17.0 Å². The predicted molar refractivity (Wildman–Crippen MR) is 120 cm³/mol. The standard InChI is InChI=1S/C19H29ClN6O4S/c1-5-31(27,28)25-17-16(20)14(19-24-23-18(30-19)12(3)21)9-15(22-17)26(6-7-29-4)10-13-8-11(13)2/h9,11-13H,5-8,10,21H2,1-4H3,(H,22,25). The Hall–Kier alpha value is -1.95. The maximum atomic E-state index is 12.2. The molecule has 2 aromatic rings. The number of pyridine rings is 1. The van der Waals surface area contributed by atoms with Crippen molar-refractivity contribution in [3.8, 4) is 11.5 Å². The summed E-state index contributed by atoms with van der Waals surface area (Å²) in [7, 11) is -1.98. The lowest BCUT2D eigenvalue weighted by Crippen LogP contribution is -2.31. The maximum Gasteiger partial charge on any atom is 0.249 e. The van der Waals surface area contributed by atoms with Gasteiger partial charge in [0.1, 0.15) is 5.82 Å². The Morgan fingerprint density at radius 3 is 2.71 bits per heavy atom. The van der Waals surface area contributed by atoms with Gasteiger partial charge in [0, 0.05) is 20.2 Å². The average molecular weight is 473 g/mol. The molecule has 0 bridgehead atoms. The molecule has 31 heavy (non-hydrogen) atoms. The first-order valence-corrected chi connectivity index (χ1v) is 12.2. The Morgan fingerprint density at radius 1 is 1.45 bits per heavy atom. The Balaban J connectivity index is 2.07. The Labute approximate surface area is 187 Å². The third kappa shape index (κ3) is 5.85. The van der Waals surface area contributed by atoms with E-state index >= 15 is 0 Å². The lowest BCUT2D eigenvalue weighted by Gasteiger charge is -2.25. The maximum absolute atomic E-state index is 12.2. The molecule has 0 spiro atoms. The second-order valence-corrected chi connectivity index (χ2v) is 10.2. The van der Waals surface area contributed by atoms with Crippen LogP contribution in [0.25, 0.3) is 11.5 Å². The first-order valence-electron chi connectivity index (χ1n) is 10.2. The largest absolute Gasteiger partial charge is 0.419 e. The minimum absolute atomic E-state index is 0.0165. The molecule has 1 saturated carbocycles. The quantitative estimate of drug-likeness (QED) is 0.505. The lowest BCUT2D eigenvalue weighted by molar-refractivity contribution is 0.204. The molecule has 10 nitrogen and oxygen atoms in total. The lowest BCUT2D eigenvalue weighted by atomic mass is 10.2. The Kier molecular flexibility index (Phi) is 7.40. The molecule has 3 rings (SSSR count). The van der Waals surface area contributed by atoms with Crippen LogP contribution in [0.2, 0.25) is 5.02 Å². The fourth-order valence-corrected chi connectivity index (χ4v) is 3.95. The van der Waals surface area contributed by atoms with Crippen molar-refractivity contribution < 1.29 is 17.6 Å². The molecule has 1 aliphatic carbocycles. The summed E-state index contributed by atoms with van der Waals surface area (Å²) in [5.41, 5.74) is 6.21. The van der Waals surface area contributed by atoms with Crippen LogP contribution < -0.4 is 15.4 Å². The topological polar surface area (TPSA) is 136 Å². The van der Waals surface area contributed by atoms with Crippen molar-refractivity contribution in [2.75, 3.05) is 42.2 Å². The predicted octanol–water partition coefficient (Wildman–Crippen LogP) is 2.68. The van der Waals surface area contributed by atoms with Crippen LogP contribution in [-0.4, -0.2) is 56.2 Å². The van der Waals surface area contributed by atoms with E-state index in [9.17, 15) is 8.42 Å². The molecule has 3 unspecified atom stereocenters. The van der Waals surface area contributed by atoms with Crippen molar-refractivity contribution >= 4 is 33.3 Å². The van der Waals surface area contributed by atoms with Gasteiger partial charge < -0.3 is 19.8 Å². The molecule has 0 aliphatic heterocycles. The number of halogens is 1. The number of nitrogens with two attached hydrogens (primary N) is 1. The molecule has 0 amide bonds. The van der Waals surface area contributed by atoms with Crippen LogP contribution >= 0.6 is 11.6 Å². The molecule has 3 N–H and O–H groups in total. The summed E-state index contributed by atoms with van der Waals surface area (Å²) in [6.45, 7) is 7.31. The molecule has 172 valence electrons. The summed E-state index contributed by atoms with van der Waals surface area (Å²) in [6.07, 6.45) is 1.14. The number of anilines is 2. The number of rotatable bonds is 11. The van der Waals surface area contributed by atoms with Crippen molar-refractivity contribution in [1.82, 2.24) is 15.2 Å². The molecule has 0 aromatic carbocycles. The molecule has 2 heterocycles. The van der Waals surface area contributed by atoms with Crippen LogP contribution in [0.1, 0.15) is 39.1 Å². The summed E-state index contributed by atoms with van der Waals surface area (Å²) in [5, 5.41) is 8.07. The van der Waals surface area contributed by atoms with Crippen LogP contribution in [0.15, 0.2) is 10.5 Å². The van der Waals surface area contributed by atoms with E-state index in [1.165, 1.54) is 6.92 Å². The van der Waals surface area contributed by atoms with Crippen molar-refractivity contribution in [1.29, 1.82) is 0 Å². The van der Waals surface area contributed by atoms with E-state index in [0.717, 1.165) is 13.0 Å². The van der Waals surface area contributed by atoms with Crippen LogP contribution in [0, 0.1) is 11.8 Å². The van der Waals surface area contributed by atoms with Gasteiger partial charge in [0.2, 0.25) is 21.8 Å². The molecule has 0 radical (unpaired) electrons. The van der Waals surface area contributed by atoms with E-state index in [-0.39, 0.29) is 28.4 Å². The first-order chi connectivity index (χ1) is 14.6. The minimum Gasteiger partial charge on any atom is -0.419 e. The highest BCUT2D eigenvalue weighted by molar-refractivity contribution is 7.92. The van der Waals surface area contributed by atoms with Crippen LogP contribution in [0.4, 0.5) is 11.6 Å². The number of aromatic nitrogens is 3. The van der Waals surface area contributed by atoms with Gasteiger partial charge in [0.15, 0.2) is 5.82 Å². The second-order valence-electron chi connectivity index (χ2n) is 7.84. The summed E-state index contributed by atoms with van der Waals surface area (Å²) >= 11 is 6.53. The van der Waals surface area contributed by atoms with Gasteiger partial charge in [-0.2, -0.15) is 0 Å². The fraction of sp³-hybridized carbons (Fsp3) is 0.632. The molecule has 1 fully saturated rings. The van der Waals surface area contributed by atoms with E-state index in [1.807, 2.05) is 0 Å². The normalized spacial score (nSPS) is 19.3. The van der Waals surface area contributed by atoms with Gasteiger partial charge >= 0.3 is 0 Å². The first kappa shape index (κ1) is 23.7. The number of nitrogens with one attached hydrogen (secondary N) is 1. The molecule has 1 aliphatic rings. The zero-order chi connectivity index (χ0) is 22.8. The van der Waals surface area contributed by atoms with Crippen LogP contribution in [0.5, 0.6) is 0 Å². The van der Waals surface area contributed by atoms with Crippen molar-refractivity contribution in [2.24, 2.45) is 17.6 Å². The molecular weight excluding hydrogens is 444 g/mol.